The molecule has 0 atom stereocenters. The van der Waals surface area contributed by atoms with E-state index in [0.29, 0.717) is 5.92 Å². The summed E-state index contributed by atoms with van der Waals surface area (Å²) in [6, 6.07) is 8.75. The molecule has 0 amide bonds. The van der Waals surface area contributed by atoms with Crippen molar-refractivity contribution in [3.8, 4) is 0 Å². The van der Waals surface area contributed by atoms with Crippen molar-refractivity contribution in [2.24, 2.45) is 5.92 Å². The normalized spacial score (nSPS) is 15.2. The van der Waals surface area contributed by atoms with Crippen molar-refractivity contribution >= 4 is 11.4 Å². The summed E-state index contributed by atoms with van der Waals surface area (Å²) in [7, 11) is 0. The van der Waals surface area contributed by atoms with E-state index in [9.17, 15) is 0 Å². The van der Waals surface area contributed by atoms with Crippen molar-refractivity contribution in [2.45, 2.75) is 26.7 Å². The van der Waals surface area contributed by atoms with Crippen LogP contribution in [0, 0.1) is 5.92 Å². The monoisotopic (exact) mass is 262 g/mol. The molecule has 0 bridgehead atoms. The van der Waals surface area contributed by atoms with E-state index in [-0.39, 0.29) is 0 Å². The Hall–Kier alpha value is -1.22. The van der Waals surface area contributed by atoms with Crippen LogP contribution in [0.15, 0.2) is 24.3 Å². The lowest BCUT2D eigenvalue weighted by molar-refractivity contribution is 0.118. The molecule has 3 heteroatoms. The molecule has 1 aromatic rings. The van der Waals surface area contributed by atoms with E-state index in [1.165, 1.54) is 37.3 Å². The highest BCUT2D eigenvalue weighted by atomic mass is 16.5. The SMILES string of the molecule is CC(C)COCCNc1ccc(N2CCCC2)cc1. The van der Waals surface area contributed by atoms with Gasteiger partial charge in [-0.2, -0.15) is 0 Å². The van der Waals surface area contributed by atoms with Crippen LogP contribution in [-0.4, -0.2) is 32.8 Å². The third kappa shape index (κ3) is 4.75. The number of rotatable bonds is 7. The molecule has 3 nitrogen and oxygen atoms in total. The highest BCUT2D eigenvalue weighted by Gasteiger charge is 2.11. The van der Waals surface area contributed by atoms with Crippen LogP contribution < -0.4 is 10.2 Å². The number of benzene rings is 1. The summed E-state index contributed by atoms with van der Waals surface area (Å²) < 4.78 is 5.55. The van der Waals surface area contributed by atoms with E-state index >= 15 is 0 Å². The highest BCUT2D eigenvalue weighted by molar-refractivity contribution is 5.55. The van der Waals surface area contributed by atoms with E-state index in [1.807, 2.05) is 0 Å². The Balaban J connectivity index is 1.69. The molecule has 1 N–H and O–H groups in total. The second kappa shape index (κ2) is 7.39. The average molecular weight is 262 g/mol. The number of ether oxygens (including phenoxy) is 1. The highest BCUT2D eigenvalue weighted by Crippen LogP contribution is 2.21. The van der Waals surface area contributed by atoms with Crippen LogP contribution in [0.4, 0.5) is 11.4 Å². The Morgan fingerprint density at radius 2 is 1.84 bits per heavy atom. The number of hydrogen-bond donors (Lipinski definition) is 1. The van der Waals surface area contributed by atoms with Crippen LogP contribution in [0.5, 0.6) is 0 Å². The average Bonchev–Trinajstić information content (AvgIpc) is 2.93. The first-order chi connectivity index (χ1) is 9.25. The summed E-state index contributed by atoms with van der Waals surface area (Å²) in [5.74, 6) is 0.611. The van der Waals surface area contributed by atoms with Gasteiger partial charge in [0.05, 0.1) is 6.61 Å². The molecule has 0 aliphatic carbocycles. The summed E-state index contributed by atoms with van der Waals surface area (Å²) in [4.78, 5) is 2.45. The van der Waals surface area contributed by atoms with Gasteiger partial charge in [0.2, 0.25) is 0 Å². The molecule has 106 valence electrons. The lowest BCUT2D eigenvalue weighted by Gasteiger charge is -2.18. The van der Waals surface area contributed by atoms with Crippen molar-refractivity contribution in [3.63, 3.8) is 0 Å². The van der Waals surface area contributed by atoms with Crippen LogP contribution >= 0.6 is 0 Å². The Morgan fingerprint density at radius 3 is 2.47 bits per heavy atom. The summed E-state index contributed by atoms with van der Waals surface area (Å²) in [6.45, 7) is 9.23. The van der Waals surface area contributed by atoms with Gasteiger partial charge in [0.15, 0.2) is 0 Å². The molecule has 1 fully saturated rings. The quantitative estimate of drug-likeness (QED) is 0.762. The largest absolute Gasteiger partial charge is 0.383 e. The minimum atomic E-state index is 0.611. The van der Waals surface area contributed by atoms with Crippen molar-refractivity contribution in [2.75, 3.05) is 43.1 Å². The Bertz CT molecular complexity index is 356. The topological polar surface area (TPSA) is 24.5 Å². The van der Waals surface area contributed by atoms with Crippen molar-refractivity contribution in [1.29, 1.82) is 0 Å². The fourth-order valence-electron chi connectivity index (χ4n) is 2.35. The van der Waals surface area contributed by atoms with Crippen LogP contribution in [0.3, 0.4) is 0 Å². The first-order valence-electron chi connectivity index (χ1n) is 7.42. The smallest absolute Gasteiger partial charge is 0.0639 e. The van der Waals surface area contributed by atoms with Crippen molar-refractivity contribution in [1.82, 2.24) is 0 Å². The predicted molar refractivity (Wildman–Crippen MR) is 82.0 cm³/mol. The maximum absolute atomic E-state index is 5.55. The molecule has 0 unspecified atom stereocenters. The fourth-order valence-corrected chi connectivity index (χ4v) is 2.35. The van der Waals surface area contributed by atoms with Gasteiger partial charge in [0.25, 0.3) is 0 Å². The molecule has 19 heavy (non-hydrogen) atoms. The molecule has 0 saturated carbocycles. The van der Waals surface area contributed by atoms with Crippen LogP contribution in [0.25, 0.3) is 0 Å². The summed E-state index contributed by atoms with van der Waals surface area (Å²) in [5.41, 5.74) is 2.52. The van der Waals surface area contributed by atoms with E-state index in [1.54, 1.807) is 0 Å². The number of anilines is 2. The second-order valence-corrected chi connectivity index (χ2v) is 5.64. The molecule has 1 saturated heterocycles. The van der Waals surface area contributed by atoms with Gasteiger partial charge in [0.1, 0.15) is 0 Å². The molecule has 1 heterocycles. The van der Waals surface area contributed by atoms with Crippen LogP contribution in [-0.2, 0) is 4.74 Å². The lowest BCUT2D eigenvalue weighted by Crippen LogP contribution is -2.17. The molecule has 2 rings (SSSR count). The van der Waals surface area contributed by atoms with Crippen LogP contribution in [0.1, 0.15) is 26.7 Å². The molecule has 1 aliphatic rings. The Kier molecular flexibility index (Phi) is 5.52. The zero-order valence-electron chi connectivity index (χ0n) is 12.2. The Morgan fingerprint density at radius 1 is 1.16 bits per heavy atom. The van der Waals surface area contributed by atoms with Crippen molar-refractivity contribution in [3.05, 3.63) is 24.3 Å². The third-order valence-electron chi connectivity index (χ3n) is 3.37. The molecule has 0 radical (unpaired) electrons. The van der Waals surface area contributed by atoms with Gasteiger partial charge in [-0.25, -0.2) is 0 Å². The first kappa shape index (κ1) is 14.2. The maximum Gasteiger partial charge on any atom is 0.0639 e. The van der Waals surface area contributed by atoms with E-state index in [2.05, 4.69) is 48.3 Å². The van der Waals surface area contributed by atoms with Gasteiger partial charge >= 0.3 is 0 Å². The van der Waals surface area contributed by atoms with E-state index < -0.39 is 0 Å². The zero-order chi connectivity index (χ0) is 13.5. The fraction of sp³-hybridized carbons (Fsp3) is 0.625. The Labute approximate surface area is 116 Å². The molecule has 0 spiro atoms. The number of hydrogen-bond acceptors (Lipinski definition) is 3. The van der Waals surface area contributed by atoms with Crippen molar-refractivity contribution < 1.29 is 4.74 Å². The number of nitrogens with one attached hydrogen (secondary N) is 1. The van der Waals surface area contributed by atoms with E-state index in [4.69, 9.17) is 4.74 Å². The third-order valence-corrected chi connectivity index (χ3v) is 3.37. The standard InChI is InChI=1S/C16H26N2O/c1-14(2)13-19-12-9-17-15-5-7-16(8-6-15)18-10-3-4-11-18/h5-8,14,17H,3-4,9-13H2,1-2H3. The second-order valence-electron chi connectivity index (χ2n) is 5.64. The van der Waals surface area contributed by atoms with Gasteiger partial charge in [-0.3, -0.25) is 0 Å². The minimum Gasteiger partial charge on any atom is -0.383 e. The molecular formula is C16H26N2O. The minimum absolute atomic E-state index is 0.611. The van der Waals surface area contributed by atoms with Gasteiger partial charge in [-0.1, -0.05) is 13.8 Å². The van der Waals surface area contributed by atoms with Gasteiger partial charge in [-0.05, 0) is 43.0 Å². The first-order valence-corrected chi connectivity index (χ1v) is 7.42. The van der Waals surface area contributed by atoms with E-state index in [0.717, 1.165) is 19.8 Å². The van der Waals surface area contributed by atoms with Gasteiger partial charge in [0, 0.05) is 37.6 Å². The lowest BCUT2D eigenvalue weighted by atomic mass is 10.2. The molecule has 0 aromatic heterocycles. The zero-order valence-corrected chi connectivity index (χ0v) is 12.2. The molecular weight excluding hydrogens is 236 g/mol. The summed E-state index contributed by atoms with van der Waals surface area (Å²) in [5, 5.41) is 3.39. The molecule has 1 aliphatic heterocycles. The van der Waals surface area contributed by atoms with Crippen LogP contribution in [0.2, 0.25) is 0 Å². The van der Waals surface area contributed by atoms with Gasteiger partial charge in [-0.15, -0.1) is 0 Å². The van der Waals surface area contributed by atoms with Gasteiger partial charge < -0.3 is 15.0 Å². The summed E-state index contributed by atoms with van der Waals surface area (Å²) in [6.07, 6.45) is 2.65. The summed E-state index contributed by atoms with van der Waals surface area (Å²) >= 11 is 0. The maximum atomic E-state index is 5.55. The number of nitrogens with zero attached hydrogens (tertiary/aromatic N) is 1. The predicted octanol–water partition coefficient (Wildman–Crippen LogP) is 3.37. The molecule has 1 aromatic carbocycles.